The fourth-order valence-corrected chi connectivity index (χ4v) is 2.47. The molecule has 0 saturated carbocycles. The summed E-state index contributed by atoms with van der Waals surface area (Å²) in [5.74, 6) is 4.68. The smallest absolute Gasteiger partial charge is 0.203 e. The van der Waals surface area contributed by atoms with Crippen molar-refractivity contribution < 1.29 is 4.42 Å². The van der Waals surface area contributed by atoms with Crippen molar-refractivity contribution in [2.75, 3.05) is 0 Å². The first-order valence-corrected chi connectivity index (χ1v) is 10.7. The summed E-state index contributed by atoms with van der Waals surface area (Å²) in [7, 11) is 0. The van der Waals surface area contributed by atoms with Gasteiger partial charge in [0.1, 0.15) is 29.4 Å². The Labute approximate surface area is 198 Å². The van der Waals surface area contributed by atoms with Gasteiger partial charge in [-0.1, -0.05) is 68.2 Å². The average Bonchev–Trinajstić information content (AvgIpc) is 3.47. The minimum Gasteiger partial charge on any atom is -0.450 e. The molecular formula is C27H35N5O. The van der Waals surface area contributed by atoms with Crippen LogP contribution in [0.25, 0.3) is 0 Å². The number of H-pyrrole nitrogens is 2. The van der Waals surface area contributed by atoms with Crippen LogP contribution in [0.1, 0.15) is 96.6 Å². The van der Waals surface area contributed by atoms with Gasteiger partial charge in [0.15, 0.2) is 0 Å². The number of rotatable bonds is 0. The maximum atomic E-state index is 8.50. The molecule has 0 unspecified atom stereocenters. The van der Waals surface area contributed by atoms with Crippen molar-refractivity contribution in [3.8, 4) is 24.5 Å². The lowest BCUT2D eigenvalue weighted by Gasteiger charge is -2.15. The summed E-state index contributed by atoms with van der Waals surface area (Å²) in [6.07, 6.45) is 8.65. The second-order valence-electron chi connectivity index (χ2n) is 10.7. The van der Waals surface area contributed by atoms with Crippen LogP contribution in [-0.2, 0) is 16.2 Å². The molecule has 0 aromatic carbocycles. The summed E-state index contributed by atoms with van der Waals surface area (Å²) in [6.45, 7) is 18.7. The zero-order chi connectivity index (χ0) is 25.4. The van der Waals surface area contributed by atoms with E-state index in [0.29, 0.717) is 11.5 Å². The van der Waals surface area contributed by atoms with Crippen molar-refractivity contribution in [1.29, 1.82) is 10.5 Å². The van der Waals surface area contributed by atoms with Crippen molar-refractivity contribution in [2.45, 2.75) is 78.6 Å². The lowest BCUT2D eigenvalue weighted by atomic mass is 9.92. The van der Waals surface area contributed by atoms with Gasteiger partial charge in [-0.05, 0) is 18.2 Å². The summed E-state index contributed by atoms with van der Waals surface area (Å²) in [4.78, 5) is 10.2. The number of imidazole rings is 1. The van der Waals surface area contributed by atoms with E-state index in [1.165, 1.54) is 5.69 Å². The highest BCUT2D eigenvalue weighted by molar-refractivity contribution is 5.34. The molecule has 0 atom stereocenters. The van der Waals surface area contributed by atoms with Crippen molar-refractivity contribution in [2.24, 2.45) is 0 Å². The summed E-state index contributed by atoms with van der Waals surface area (Å²) >= 11 is 0. The van der Waals surface area contributed by atoms with Crippen molar-refractivity contribution >= 4 is 0 Å². The van der Waals surface area contributed by atoms with Gasteiger partial charge in [0.25, 0.3) is 0 Å². The van der Waals surface area contributed by atoms with Crippen molar-refractivity contribution in [3.63, 3.8) is 0 Å². The SMILES string of the molecule is C#Cc1c[nH]c(C(C)(C)C)c1.CC(C)(C)c1ccc(C#N)o1.CC(C)(C)c1ncc(C#N)[nH]1. The van der Waals surface area contributed by atoms with E-state index in [4.69, 9.17) is 21.4 Å². The molecule has 0 amide bonds. The minimum atomic E-state index is -0.00486. The van der Waals surface area contributed by atoms with E-state index in [-0.39, 0.29) is 16.2 Å². The molecule has 0 aliphatic rings. The second kappa shape index (κ2) is 10.8. The number of hydrogen-bond acceptors (Lipinski definition) is 4. The summed E-state index contributed by atoms with van der Waals surface area (Å²) in [6, 6.07) is 9.51. The Balaban J connectivity index is 0.000000247. The second-order valence-corrected chi connectivity index (χ2v) is 10.7. The lowest BCUT2D eigenvalue weighted by Crippen LogP contribution is -2.13. The highest BCUT2D eigenvalue weighted by Gasteiger charge is 2.18. The number of nitrogens with one attached hydrogen (secondary N) is 2. The van der Waals surface area contributed by atoms with Crippen LogP contribution in [0, 0.1) is 35.0 Å². The van der Waals surface area contributed by atoms with Crippen LogP contribution >= 0.6 is 0 Å². The highest BCUT2D eigenvalue weighted by atomic mass is 16.3. The van der Waals surface area contributed by atoms with Gasteiger partial charge in [-0.15, -0.1) is 6.42 Å². The van der Waals surface area contributed by atoms with E-state index in [1.54, 1.807) is 12.3 Å². The van der Waals surface area contributed by atoms with Crippen LogP contribution < -0.4 is 0 Å². The number of aromatic amines is 2. The number of terminal acetylenes is 1. The molecule has 0 aliphatic carbocycles. The molecule has 0 radical (unpaired) electrons. The molecule has 174 valence electrons. The topological polar surface area (TPSA) is 105 Å². The fraction of sp³-hybridized carbons (Fsp3) is 0.444. The molecular weight excluding hydrogens is 410 g/mol. The predicted octanol–water partition coefficient (Wildman–Crippen LogP) is 6.32. The van der Waals surface area contributed by atoms with Gasteiger partial charge < -0.3 is 14.4 Å². The lowest BCUT2D eigenvalue weighted by molar-refractivity contribution is 0.403. The van der Waals surface area contributed by atoms with Gasteiger partial charge in [0.05, 0.1) is 6.20 Å². The monoisotopic (exact) mass is 445 g/mol. The molecule has 6 heteroatoms. The Hall–Kier alpha value is -3.69. The zero-order valence-corrected chi connectivity index (χ0v) is 21.2. The van der Waals surface area contributed by atoms with Gasteiger partial charge in [0.2, 0.25) is 5.76 Å². The molecule has 3 aromatic rings. The Morgan fingerprint density at radius 1 is 0.909 bits per heavy atom. The Morgan fingerprint density at radius 2 is 1.55 bits per heavy atom. The largest absolute Gasteiger partial charge is 0.450 e. The van der Waals surface area contributed by atoms with E-state index in [2.05, 4.69) is 41.6 Å². The molecule has 6 nitrogen and oxygen atoms in total. The molecule has 3 aromatic heterocycles. The third-order valence-electron chi connectivity index (χ3n) is 4.52. The summed E-state index contributed by atoms with van der Waals surface area (Å²) in [5.41, 5.74) is 2.79. The highest BCUT2D eigenvalue weighted by Crippen LogP contribution is 2.23. The third kappa shape index (κ3) is 8.76. The van der Waals surface area contributed by atoms with Crippen molar-refractivity contribution in [1.82, 2.24) is 15.0 Å². The van der Waals surface area contributed by atoms with Crippen LogP contribution in [0.2, 0.25) is 0 Å². The van der Waals surface area contributed by atoms with Crippen LogP contribution in [0.3, 0.4) is 0 Å². The van der Waals surface area contributed by atoms with Gasteiger partial charge in [-0.2, -0.15) is 10.5 Å². The summed E-state index contributed by atoms with van der Waals surface area (Å²) < 4.78 is 5.24. The van der Waals surface area contributed by atoms with E-state index >= 15 is 0 Å². The fourth-order valence-electron chi connectivity index (χ4n) is 2.47. The average molecular weight is 446 g/mol. The maximum Gasteiger partial charge on any atom is 0.203 e. The molecule has 0 saturated heterocycles. The standard InChI is InChI=1S/C10H13N.C9H11NO.C8H11N3/c1-5-8-6-9(11-7-8)10(2,3)4;1-9(2,3)8-5-4-7(6-10)11-8;1-8(2,3)7-10-5-6(4-9)11-7/h1,6-7,11H,2-4H3;4-5H,1-3H3;5H,1-3H3,(H,10,11). The van der Waals surface area contributed by atoms with E-state index in [1.807, 2.05) is 72.0 Å². The first kappa shape index (κ1) is 27.3. The summed E-state index contributed by atoms with van der Waals surface area (Å²) in [5, 5.41) is 17.0. The van der Waals surface area contributed by atoms with E-state index in [9.17, 15) is 0 Å². The normalized spacial score (nSPS) is 11.1. The maximum absolute atomic E-state index is 8.50. The number of nitrogens with zero attached hydrogens (tertiary/aromatic N) is 3. The molecule has 0 fully saturated rings. The van der Waals surface area contributed by atoms with Crippen LogP contribution in [0.4, 0.5) is 0 Å². The number of aromatic nitrogens is 3. The molecule has 0 bridgehead atoms. The number of nitriles is 2. The molecule has 33 heavy (non-hydrogen) atoms. The quantitative estimate of drug-likeness (QED) is 0.395. The molecule has 0 aliphatic heterocycles. The van der Waals surface area contributed by atoms with E-state index < -0.39 is 0 Å². The molecule has 2 N–H and O–H groups in total. The molecule has 0 spiro atoms. The van der Waals surface area contributed by atoms with Gasteiger partial charge in [-0.3, -0.25) is 0 Å². The number of furan rings is 1. The van der Waals surface area contributed by atoms with Gasteiger partial charge >= 0.3 is 0 Å². The Kier molecular flexibility index (Phi) is 8.91. The molecule has 3 rings (SSSR count). The Bertz CT molecular complexity index is 1000. The minimum absolute atomic E-state index is 0.00486. The van der Waals surface area contributed by atoms with Gasteiger partial charge in [-0.25, -0.2) is 4.98 Å². The van der Waals surface area contributed by atoms with Crippen LogP contribution in [-0.4, -0.2) is 15.0 Å². The predicted molar refractivity (Wildman–Crippen MR) is 132 cm³/mol. The van der Waals surface area contributed by atoms with Gasteiger partial charge in [0, 0.05) is 33.7 Å². The third-order valence-corrected chi connectivity index (χ3v) is 4.52. The van der Waals surface area contributed by atoms with Crippen LogP contribution in [0.15, 0.2) is 35.0 Å². The van der Waals surface area contributed by atoms with Crippen LogP contribution in [0.5, 0.6) is 0 Å². The number of hydrogen-bond donors (Lipinski definition) is 2. The first-order valence-electron chi connectivity index (χ1n) is 10.7. The first-order chi connectivity index (χ1) is 15.1. The molecule has 3 heterocycles. The zero-order valence-electron chi connectivity index (χ0n) is 21.2. The van der Waals surface area contributed by atoms with E-state index in [0.717, 1.165) is 17.1 Å². The Morgan fingerprint density at radius 3 is 1.82 bits per heavy atom. The van der Waals surface area contributed by atoms with Crippen molar-refractivity contribution in [3.05, 3.63) is 64.9 Å².